The minimum atomic E-state index is -4.59. The highest BCUT2D eigenvalue weighted by atomic mass is 19.4. The van der Waals surface area contributed by atoms with E-state index in [1.165, 1.54) is 35.1 Å². The second-order valence-electron chi connectivity index (χ2n) is 9.82. The molecule has 0 aliphatic carbocycles. The van der Waals surface area contributed by atoms with E-state index in [1.807, 2.05) is 32.9 Å². The first kappa shape index (κ1) is 29.3. The third-order valence-corrected chi connectivity index (χ3v) is 6.82. The summed E-state index contributed by atoms with van der Waals surface area (Å²) in [6.07, 6.45) is -2.95. The zero-order chi connectivity index (χ0) is 30.9. The number of aryl methyl sites for hydroxylation is 2. The third kappa shape index (κ3) is 6.20. The predicted octanol–water partition coefficient (Wildman–Crippen LogP) is 6.48. The van der Waals surface area contributed by atoms with Gasteiger partial charge in [-0.05, 0) is 57.2 Å². The maximum atomic E-state index is 13.7. The number of pyridine rings is 1. The molecule has 1 aliphatic heterocycles. The molecule has 2 N–H and O–H groups in total. The van der Waals surface area contributed by atoms with Crippen LogP contribution in [0.1, 0.15) is 39.8 Å². The number of methoxy groups -OCH3 is 1. The number of hydrogen-bond acceptors (Lipinski definition) is 7. The van der Waals surface area contributed by atoms with Crippen molar-refractivity contribution >= 4 is 40.8 Å². The number of urea groups is 1. The van der Waals surface area contributed by atoms with Gasteiger partial charge < -0.3 is 15.4 Å². The fourth-order valence-corrected chi connectivity index (χ4v) is 4.67. The number of carbonyl (C=O) groups excluding carboxylic acids is 2. The number of amides is 3. The summed E-state index contributed by atoms with van der Waals surface area (Å²) in [5, 5.41) is 5.78. The maximum absolute atomic E-state index is 13.7. The predicted molar refractivity (Wildman–Crippen MR) is 156 cm³/mol. The van der Waals surface area contributed by atoms with E-state index in [2.05, 4.69) is 25.6 Å². The quantitative estimate of drug-likeness (QED) is 0.253. The smallest absolute Gasteiger partial charge is 0.416 e. The first-order valence-electron chi connectivity index (χ1n) is 13.3. The van der Waals surface area contributed by atoms with Crippen LogP contribution in [0.2, 0.25) is 0 Å². The molecule has 43 heavy (non-hydrogen) atoms. The van der Waals surface area contributed by atoms with Gasteiger partial charge in [-0.2, -0.15) is 18.2 Å². The van der Waals surface area contributed by atoms with E-state index in [-0.39, 0.29) is 23.8 Å². The van der Waals surface area contributed by atoms with Gasteiger partial charge in [-0.25, -0.2) is 9.78 Å². The Balaban J connectivity index is 1.42. The van der Waals surface area contributed by atoms with Crippen molar-refractivity contribution in [2.75, 3.05) is 34.1 Å². The molecule has 0 saturated carbocycles. The Hall–Kier alpha value is -5.20. The van der Waals surface area contributed by atoms with Gasteiger partial charge in [0.25, 0.3) is 5.91 Å². The van der Waals surface area contributed by atoms with E-state index < -0.39 is 17.6 Å². The molecule has 5 rings (SSSR count). The number of aromatic nitrogens is 3. The number of benzene rings is 2. The Labute approximate surface area is 245 Å². The van der Waals surface area contributed by atoms with Crippen LogP contribution in [-0.4, -0.2) is 40.5 Å². The number of anilines is 5. The molecule has 3 heterocycles. The molecule has 0 radical (unpaired) electrons. The van der Waals surface area contributed by atoms with Crippen LogP contribution in [-0.2, 0) is 12.7 Å². The molecule has 2 aromatic carbocycles. The molecular weight excluding hydrogens is 563 g/mol. The SMILES string of the molecule is CCN1C(=O)N(c2cc(NC(=O)c3cccc(C(F)(F)F)c3)cc(OC)c2)Cc2cnc(Nc3ccc(C)nc3C)nc21. The number of alkyl halides is 3. The Morgan fingerprint density at radius 2 is 1.86 bits per heavy atom. The molecule has 0 saturated heterocycles. The summed E-state index contributed by atoms with van der Waals surface area (Å²) < 4.78 is 44.9. The molecule has 0 fully saturated rings. The fraction of sp³-hybridized carbons (Fsp3) is 0.233. The number of halogens is 3. The minimum Gasteiger partial charge on any atom is -0.497 e. The van der Waals surface area contributed by atoms with Crippen LogP contribution in [0.25, 0.3) is 0 Å². The molecule has 0 spiro atoms. The van der Waals surface area contributed by atoms with Crippen molar-refractivity contribution in [2.24, 2.45) is 0 Å². The number of hydrogen-bond donors (Lipinski definition) is 2. The van der Waals surface area contributed by atoms with Crippen molar-refractivity contribution < 1.29 is 27.5 Å². The normalized spacial score (nSPS) is 13.0. The Morgan fingerprint density at radius 3 is 2.56 bits per heavy atom. The number of nitrogens with zero attached hydrogens (tertiary/aromatic N) is 5. The lowest BCUT2D eigenvalue weighted by Gasteiger charge is -2.35. The van der Waals surface area contributed by atoms with Crippen molar-refractivity contribution in [2.45, 2.75) is 33.5 Å². The molecule has 1 aliphatic rings. The van der Waals surface area contributed by atoms with Crippen LogP contribution in [0.5, 0.6) is 5.75 Å². The van der Waals surface area contributed by atoms with E-state index in [1.54, 1.807) is 18.3 Å². The molecule has 10 nitrogen and oxygen atoms in total. The van der Waals surface area contributed by atoms with Gasteiger partial charge in [-0.1, -0.05) is 6.07 Å². The first-order chi connectivity index (χ1) is 20.5. The first-order valence-corrected chi connectivity index (χ1v) is 13.3. The van der Waals surface area contributed by atoms with Crippen molar-refractivity contribution in [3.8, 4) is 5.75 Å². The molecule has 0 unspecified atom stereocenters. The van der Waals surface area contributed by atoms with E-state index in [0.29, 0.717) is 35.3 Å². The van der Waals surface area contributed by atoms with Gasteiger partial charge in [0, 0.05) is 47.4 Å². The summed E-state index contributed by atoms with van der Waals surface area (Å²) in [6, 6.07) is 12.2. The second kappa shape index (κ2) is 11.6. The highest BCUT2D eigenvalue weighted by Crippen LogP contribution is 2.35. The number of rotatable bonds is 7. The molecule has 3 amide bonds. The molecule has 4 aromatic rings. The number of carbonyl (C=O) groups is 2. The van der Waals surface area contributed by atoms with Gasteiger partial charge in [0.15, 0.2) is 0 Å². The zero-order valence-electron chi connectivity index (χ0n) is 23.8. The Bertz CT molecular complexity index is 1710. The molecular formula is C30H28F3N7O3. The highest BCUT2D eigenvalue weighted by molar-refractivity contribution is 6.07. The van der Waals surface area contributed by atoms with Crippen LogP contribution in [0, 0.1) is 13.8 Å². The van der Waals surface area contributed by atoms with Crippen molar-refractivity contribution in [1.82, 2.24) is 15.0 Å². The highest BCUT2D eigenvalue weighted by Gasteiger charge is 2.33. The number of fused-ring (bicyclic) bond motifs is 1. The van der Waals surface area contributed by atoms with Crippen molar-refractivity contribution in [1.29, 1.82) is 0 Å². The number of nitrogens with one attached hydrogen (secondary N) is 2. The minimum absolute atomic E-state index is 0.129. The summed E-state index contributed by atoms with van der Waals surface area (Å²) in [4.78, 5) is 43.1. The fourth-order valence-electron chi connectivity index (χ4n) is 4.67. The zero-order valence-corrected chi connectivity index (χ0v) is 23.8. The lowest BCUT2D eigenvalue weighted by atomic mass is 10.1. The number of ether oxygens (including phenoxy) is 1. The second-order valence-corrected chi connectivity index (χ2v) is 9.82. The van der Waals surface area contributed by atoms with Crippen molar-refractivity contribution in [3.05, 3.63) is 88.9 Å². The Kier molecular flexibility index (Phi) is 7.89. The van der Waals surface area contributed by atoms with Crippen molar-refractivity contribution in [3.63, 3.8) is 0 Å². The van der Waals surface area contributed by atoms with Gasteiger partial charge in [0.1, 0.15) is 11.6 Å². The maximum Gasteiger partial charge on any atom is 0.416 e. The summed E-state index contributed by atoms with van der Waals surface area (Å²) in [5.74, 6) is 0.354. The lowest BCUT2D eigenvalue weighted by Crippen LogP contribution is -2.48. The Morgan fingerprint density at radius 1 is 1.07 bits per heavy atom. The molecule has 222 valence electrons. The third-order valence-electron chi connectivity index (χ3n) is 6.82. The average molecular weight is 592 g/mol. The van der Waals surface area contributed by atoms with E-state index >= 15 is 0 Å². The average Bonchev–Trinajstić information content (AvgIpc) is 2.97. The van der Waals surface area contributed by atoms with Gasteiger partial charge in [-0.15, -0.1) is 0 Å². The summed E-state index contributed by atoms with van der Waals surface area (Å²) >= 11 is 0. The van der Waals surface area contributed by atoms with E-state index in [0.717, 1.165) is 29.2 Å². The van der Waals surface area contributed by atoms with Gasteiger partial charge in [-0.3, -0.25) is 19.6 Å². The van der Waals surface area contributed by atoms with E-state index in [4.69, 9.17) is 4.74 Å². The summed E-state index contributed by atoms with van der Waals surface area (Å²) in [5.41, 5.74) is 2.62. The largest absolute Gasteiger partial charge is 0.497 e. The monoisotopic (exact) mass is 591 g/mol. The van der Waals surface area contributed by atoms with Crippen LogP contribution < -0.4 is 25.2 Å². The van der Waals surface area contributed by atoms with Crippen LogP contribution in [0.15, 0.2) is 60.8 Å². The molecule has 13 heteroatoms. The standard InChI is InChI=1S/C30H28F3N7O3/c1-5-39-26-20(15-34-28(38-26)37-25-10-9-17(2)35-18(25)3)16-40(29(39)42)23-12-22(13-24(14-23)43-4)36-27(41)19-7-6-8-21(11-19)30(31,32)33/h6-15H,5,16H2,1-4H3,(H,36,41)(H,34,37,38). The summed E-state index contributed by atoms with van der Waals surface area (Å²) in [7, 11) is 1.43. The van der Waals surface area contributed by atoms with Gasteiger partial charge in [0.05, 0.1) is 36.3 Å². The molecule has 2 aromatic heterocycles. The topological polar surface area (TPSA) is 113 Å². The van der Waals surface area contributed by atoms with Gasteiger partial charge >= 0.3 is 12.2 Å². The summed E-state index contributed by atoms with van der Waals surface area (Å²) in [6.45, 7) is 6.04. The van der Waals surface area contributed by atoms with Gasteiger partial charge in [0.2, 0.25) is 5.95 Å². The van der Waals surface area contributed by atoms with Crippen LogP contribution in [0.4, 0.5) is 46.8 Å². The molecule has 0 atom stereocenters. The van der Waals surface area contributed by atoms with Crippen LogP contribution >= 0.6 is 0 Å². The lowest BCUT2D eigenvalue weighted by molar-refractivity contribution is -0.137. The molecule has 0 bridgehead atoms. The van der Waals surface area contributed by atoms with E-state index in [9.17, 15) is 22.8 Å². The van der Waals surface area contributed by atoms with Crippen LogP contribution in [0.3, 0.4) is 0 Å².